The Hall–Kier alpha value is -0.0800. The van der Waals surface area contributed by atoms with Gasteiger partial charge in [-0.15, -0.1) is 0 Å². The number of rotatable bonds is 4. The number of ether oxygens (including phenoxy) is 1. The van der Waals surface area contributed by atoms with Crippen LogP contribution in [0.2, 0.25) is 0 Å². The van der Waals surface area contributed by atoms with Gasteiger partial charge in [0.2, 0.25) is 0 Å². The van der Waals surface area contributed by atoms with Crippen LogP contribution in [0.5, 0.6) is 0 Å². The van der Waals surface area contributed by atoms with Crippen molar-refractivity contribution in [2.75, 3.05) is 13.2 Å². The zero-order chi connectivity index (χ0) is 11.4. The van der Waals surface area contributed by atoms with Crippen molar-refractivity contribution in [1.29, 1.82) is 0 Å². The van der Waals surface area contributed by atoms with Crippen LogP contribution in [-0.4, -0.2) is 25.3 Å². The van der Waals surface area contributed by atoms with E-state index < -0.39 is 0 Å². The van der Waals surface area contributed by atoms with E-state index in [0.29, 0.717) is 6.04 Å². The molecule has 16 heavy (non-hydrogen) atoms. The minimum atomic E-state index is 0.685. The third kappa shape index (κ3) is 3.21. The van der Waals surface area contributed by atoms with E-state index >= 15 is 0 Å². The minimum Gasteiger partial charge on any atom is -0.381 e. The molecular formula is C14H27NO. The molecule has 0 aromatic carbocycles. The van der Waals surface area contributed by atoms with Gasteiger partial charge < -0.3 is 10.1 Å². The molecule has 0 aromatic rings. The molecule has 3 atom stereocenters. The topological polar surface area (TPSA) is 21.3 Å². The summed E-state index contributed by atoms with van der Waals surface area (Å²) in [4.78, 5) is 0. The molecule has 1 saturated heterocycles. The maximum absolute atomic E-state index is 5.43. The van der Waals surface area contributed by atoms with Crippen LogP contribution in [0.3, 0.4) is 0 Å². The Labute approximate surface area is 100 Å². The Bertz CT molecular complexity index is 201. The van der Waals surface area contributed by atoms with Crippen LogP contribution in [-0.2, 0) is 4.74 Å². The number of hydrogen-bond donors (Lipinski definition) is 1. The van der Waals surface area contributed by atoms with Crippen LogP contribution >= 0.6 is 0 Å². The molecule has 94 valence electrons. The number of nitrogens with one attached hydrogen (secondary N) is 1. The minimum absolute atomic E-state index is 0.685. The normalized spacial score (nSPS) is 34.1. The largest absolute Gasteiger partial charge is 0.381 e. The molecule has 2 fully saturated rings. The summed E-state index contributed by atoms with van der Waals surface area (Å²) in [6.45, 7) is 6.64. The third-order valence-corrected chi connectivity index (χ3v) is 4.59. The van der Waals surface area contributed by atoms with Crippen molar-refractivity contribution in [2.45, 2.75) is 64.5 Å². The SMILES string of the molecule is CCC1CCC(NC(C)C2CCOCC2)C1. The average Bonchev–Trinajstić information content (AvgIpc) is 2.78. The van der Waals surface area contributed by atoms with Crippen LogP contribution in [0.4, 0.5) is 0 Å². The Kier molecular flexibility index (Phi) is 4.66. The predicted octanol–water partition coefficient (Wildman–Crippen LogP) is 2.97. The van der Waals surface area contributed by atoms with E-state index in [9.17, 15) is 0 Å². The van der Waals surface area contributed by atoms with Crippen LogP contribution in [0.1, 0.15) is 52.4 Å². The van der Waals surface area contributed by atoms with Crippen molar-refractivity contribution in [2.24, 2.45) is 11.8 Å². The fourth-order valence-corrected chi connectivity index (χ4v) is 3.32. The second-order valence-corrected chi connectivity index (χ2v) is 5.69. The summed E-state index contributed by atoms with van der Waals surface area (Å²) in [7, 11) is 0. The first-order valence-corrected chi connectivity index (χ1v) is 7.13. The lowest BCUT2D eigenvalue weighted by molar-refractivity contribution is 0.0544. The van der Waals surface area contributed by atoms with E-state index in [4.69, 9.17) is 4.74 Å². The molecule has 1 heterocycles. The van der Waals surface area contributed by atoms with Crippen LogP contribution < -0.4 is 5.32 Å². The van der Waals surface area contributed by atoms with Gasteiger partial charge in [-0.2, -0.15) is 0 Å². The lowest BCUT2D eigenvalue weighted by Gasteiger charge is -2.30. The van der Waals surface area contributed by atoms with E-state index in [-0.39, 0.29) is 0 Å². The van der Waals surface area contributed by atoms with Crippen molar-refractivity contribution in [1.82, 2.24) is 5.32 Å². The van der Waals surface area contributed by atoms with Gasteiger partial charge in [0.25, 0.3) is 0 Å². The first-order valence-electron chi connectivity index (χ1n) is 7.13. The molecule has 2 rings (SSSR count). The molecule has 0 spiro atoms. The Morgan fingerprint density at radius 2 is 1.94 bits per heavy atom. The van der Waals surface area contributed by atoms with Crippen molar-refractivity contribution >= 4 is 0 Å². The summed E-state index contributed by atoms with van der Waals surface area (Å²) < 4.78 is 5.43. The summed E-state index contributed by atoms with van der Waals surface area (Å²) in [6, 6.07) is 1.48. The van der Waals surface area contributed by atoms with E-state index in [0.717, 1.165) is 31.1 Å². The molecule has 1 saturated carbocycles. The van der Waals surface area contributed by atoms with Crippen LogP contribution in [0.25, 0.3) is 0 Å². The molecule has 0 amide bonds. The van der Waals surface area contributed by atoms with Gasteiger partial charge in [0.05, 0.1) is 0 Å². The monoisotopic (exact) mass is 225 g/mol. The highest BCUT2D eigenvalue weighted by Crippen LogP contribution is 2.29. The Morgan fingerprint density at radius 3 is 2.56 bits per heavy atom. The summed E-state index contributed by atoms with van der Waals surface area (Å²) in [6.07, 6.45) is 8.10. The van der Waals surface area contributed by atoms with E-state index in [1.54, 1.807) is 0 Å². The lowest BCUT2D eigenvalue weighted by Crippen LogP contribution is -2.41. The second-order valence-electron chi connectivity index (χ2n) is 5.69. The Balaban J connectivity index is 1.72. The van der Waals surface area contributed by atoms with E-state index in [1.165, 1.54) is 38.5 Å². The second kappa shape index (κ2) is 6.02. The summed E-state index contributed by atoms with van der Waals surface area (Å²) in [5.41, 5.74) is 0. The third-order valence-electron chi connectivity index (χ3n) is 4.59. The van der Waals surface area contributed by atoms with Crippen molar-refractivity contribution in [3.05, 3.63) is 0 Å². The van der Waals surface area contributed by atoms with Gasteiger partial charge in [0, 0.05) is 25.3 Å². The molecule has 1 aliphatic heterocycles. The highest BCUT2D eigenvalue weighted by Gasteiger charge is 2.27. The van der Waals surface area contributed by atoms with Gasteiger partial charge in [-0.25, -0.2) is 0 Å². The van der Waals surface area contributed by atoms with Gasteiger partial charge in [-0.1, -0.05) is 13.3 Å². The molecule has 1 aliphatic carbocycles. The zero-order valence-corrected chi connectivity index (χ0v) is 10.9. The Morgan fingerprint density at radius 1 is 1.19 bits per heavy atom. The molecule has 0 aromatic heterocycles. The van der Waals surface area contributed by atoms with Gasteiger partial charge in [0.1, 0.15) is 0 Å². The molecule has 2 nitrogen and oxygen atoms in total. The first kappa shape index (κ1) is 12.4. The highest BCUT2D eigenvalue weighted by atomic mass is 16.5. The fourth-order valence-electron chi connectivity index (χ4n) is 3.32. The zero-order valence-electron chi connectivity index (χ0n) is 10.9. The van der Waals surface area contributed by atoms with Crippen molar-refractivity contribution in [3.8, 4) is 0 Å². The standard InChI is InChI=1S/C14H27NO/c1-3-12-4-5-14(10-12)15-11(2)13-6-8-16-9-7-13/h11-15H,3-10H2,1-2H3. The summed E-state index contributed by atoms with van der Waals surface area (Å²) >= 11 is 0. The highest BCUT2D eigenvalue weighted by molar-refractivity contribution is 4.84. The molecule has 0 radical (unpaired) electrons. The lowest BCUT2D eigenvalue weighted by atomic mass is 9.92. The quantitative estimate of drug-likeness (QED) is 0.794. The molecule has 0 bridgehead atoms. The van der Waals surface area contributed by atoms with Gasteiger partial charge in [-0.3, -0.25) is 0 Å². The molecular weight excluding hydrogens is 198 g/mol. The summed E-state index contributed by atoms with van der Waals surface area (Å²) in [5.74, 6) is 1.83. The maximum atomic E-state index is 5.43. The number of hydrogen-bond acceptors (Lipinski definition) is 2. The van der Waals surface area contributed by atoms with E-state index in [2.05, 4.69) is 19.2 Å². The summed E-state index contributed by atoms with van der Waals surface area (Å²) in [5, 5.41) is 3.86. The predicted molar refractivity (Wildman–Crippen MR) is 67.6 cm³/mol. The van der Waals surface area contributed by atoms with Crippen molar-refractivity contribution < 1.29 is 4.74 Å². The molecule has 2 heteroatoms. The maximum Gasteiger partial charge on any atom is 0.0469 e. The molecule has 2 aliphatic rings. The smallest absolute Gasteiger partial charge is 0.0469 e. The fraction of sp³-hybridized carbons (Fsp3) is 1.00. The van der Waals surface area contributed by atoms with E-state index in [1.807, 2.05) is 0 Å². The molecule has 3 unspecified atom stereocenters. The average molecular weight is 225 g/mol. The van der Waals surface area contributed by atoms with Crippen molar-refractivity contribution in [3.63, 3.8) is 0 Å². The van der Waals surface area contributed by atoms with Crippen LogP contribution in [0.15, 0.2) is 0 Å². The van der Waals surface area contributed by atoms with Gasteiger partial charge >= 0.3 is 0 Å². The van der Waals surface area contributed by atoms with Gasteiger partial charge in [-0.05, 0) is 50.9 Å². The first-order chi connectivity index (χ1) is 7.79. The molecule has 1 N–H and O–H groups in total. The van der Waals surface area contributed by atoms with Crippen LogP contribution in [0, 0.1) is 11.8 Å². The van der Waals surface area contributed by atoms with Gasteiger partial charge in [0.15, 0.2) is 0 Å².